The summed E-state index contributed by atoms with van der Waals surface area (Å²) >= 11 is 3.99. The lowest BCUT2D eigenvalue weighted by molar-refractivity contribution is -0.151. The molecular weight excluding hydrogens is 402 g/mol. The molecule has 1 aromatic carbocycles. The SMILES string of the molecule is N[C@@H](CCC(=O)N[C@@H](CS)C(=O)NCC(=O)O[C@@H](CO)c1ccccc1)C(=O)O. The molecule has 0 aliphatic carbocycles. The van der Waals surface area contributed by atoms with Crippen LogP contribution in [-0.2, 0) is 23.9 Å². The van der Waals surface area contributed by atoms with Crippen LogP contribution in [0.25, 0.3) is 0 Å². The zero-order valence-corrected chi connectivity index (χ0v) is 16.5. The van der Waals surface area contributed by atoms with Gasteiger partial charge in [-0.2, -0.15) is 12.6 Å². The summed E-state index contributed by atoms with van der Waals surface area (Å²) in [5.41, 5.74) is 5.93. The molecule has 0 unspecified atom stereocenters. The number of aliphatic carboxylic acids is 1. The molecule has 1 aromatic rings. The number of thiol groups is 1. The maximum Gasteiger partial charge on any atom is 0.326 e. The second-order valence-electron chi connectivity index (χ2n) is 6.08. The first kappa shape index (κ1) is 24.4. The summed E-state index contributed by atoms with van der Waals surface area (Å²) in [6, 6.07) is 6.42. The van der Waals surface area contributed by atoms with Gasteiger partial charge in [-0.05, 0) is 12.0 Å². The van der Waals surface area contributed by atoms with Gasteiger partial charge in [-0.1, -0.05) is 30.3 Å². The Morgan fingerprint density at radius 3 is 2.38 bits per heavy atom. The zero-order chi connectivity index (χ0) is 21.8. The summed E-state index contributed by atoms with van der Waals surface area (Å²) in [5, 5.41) is 22.8. The van der Waals surface area contributed by atoms with Gasteiger partial charge in [0.25, 0.3) is 0 Å². The third-order valence-electron chi connectivity index (χ3n) is 3.85. The number of nitrogens with two attached hydrogens (primary N) is 1. The van der Waals surface area contributed by atoms with E-state index < -0.39 is 55.1 Å². The van der Waals surface area contributed by atoms with Crippen LogP contribution in [-0.4, -0.2) is 65.0 Å². The van der Waals surface area contributed by atoms with Gasteiger partial charge in [-0.15, -0.1) is 0 Å². The second kappa shape index (κ2) is 12.8. The van der Waals surface area contributed by atoms with Gasteiger partial charge in [-0.3, -0.25) is 19.2 Å². The van der Waals surface area contributed by atoms with E-state index in [0.29, 0.717) is 5.56 Å². The summed E-state index contributed by atoms with van der Waals surface area (Å²) in [7, 11) is 0. The maximum atomic E-state index is 12.1. The van der Waals surface area contributed by atoms with Crippen molar-refractivity contribution in [2.24, 2.45) is 5.73 Å². The molecule has 3 atom stereocenters. The molecule has 0 bridgehead atoms. The fourth-order valence-corrected chi connectivity index (χ4v) is 2.49. The molecule has 10 nitrogen and oxygen atoms in total. The lowest BCUT2D eigenvalue weighted by Gasteiger charge is -2.18. The second-order valence-corrected chi connectivity index (χ2v) is 6.44. The van der Waals surface area contributed by atoms with Gasteiger partial charge in [0.1, 0.15) is 24.7 Å². The molecule has 0 aliphatic heterocycles. The highest BCUT2D eigenvalue weighted by Crippen LogP contribution is 2.16. The molecule has 0 spiro atoms. The summed E-state index contributed by atoms with van der Waals surface area (Å²) in [6.45, 7) is -0.885. The van der Waals surface area contributed by atoms with Crippen LogP contribution >= 0.6 is 12.6 Å². The van der Waals surface area contributed by atoms with Crippen molar-refractivity contribution in [2.75, 3.05) is 18.9 Å². The van der Waals surface area contributed by atoms with Gasteiger partial charge in [0.2, 0.25) is 11.8 Å². The highest BCUT2D eigenvalue weighted by molar-refractivity contribution is 7.80. The van der Waals surface area contributed by atoms with E-state index in [1.807, 2.05) is 0 Å². The molecule has 0 saturated heterocycles. The summed E-state index contributed by atoms with van der Waals surface area (Å²) in [6.07, 6.45) is -1.13. The number of ether oxygens (including phenoxy) is 1. The van der Waals surface area contributed by atoms with Gasteiger partial charge >= 0.3 is 11.9 Å². The molecule has 0 fully saturated rings. The number of nitrogens with one attached hydrogen (secondary N) is 2. The fraction of sp³-hybridized carbons (Fsp3) is 0.444. The van der Waals surface area contributed by atoms with Gasteiger partial charge in [0.15, 0.2) is 0 Å². The van der Waals surface area contributed by atoms with Crippen molar-refractivity contribution in [3.63, 3.8) is 0 Å². The van der Waals surface area contributed by atoms with E-state index >= 15 is 0 Å². The van der Waals surface area contributed by atoms with Crippen LogP contribution in [0.4, 0.5) is 0 Å². The number of amides is 2. The third-order valence-corrected chi connectivity index (χ3v) is 4.22. The van der Waals surface area contributed by atoms with Crippen molar-refractivity contribution in [1.29, 1.82) is 0 Å². The number of carbonyl (C=O) groups is 4. The lowest BCUT2D eigenvalue weighted by Crippen LogP contribution is -2.49. The van der Waals surface area contributed by atoms with Crippen molar-refractivity contribution < 1.29 is 34.1 Å². The normalized spacial score (nSPS) is 13.6. The minimum Gasteiger partial charge on any atom is -0.480 e. The average Bonchev–Trinajstić information content (AvgIpc) is 2.72. The Morgan fingerprint density at radius 1 is 1.17 bits per heavy atom. The Bertz CT molecular complexity index is 702. The predicted octanol–water partition coefficient (Wildman–Crippen LogP) is -1.01. The number of aliphatic hydroxyl groups excluding tert-OH is 1. The van der Waals surface area contributed by atoms with Crippen molar-refractivity contribution in [1.82, 2.24) is 10.6 Å². The molecule has 1 rings (SSSR count). The Morgan fingerprint density at radius 2 is 1.83 bits per heavy atom. The van der Waals surface area contributed by atoms with E-state index in [4.69, 9.17) is 15.6 Å². The van der Waals surface area contributed by atoms with Crippen LogP contribution in [0.1, 0.15) is 24.5 Å². The Kier molecular flexibility index (Phi) is 10.7. The fourth-order valence-electron chi connectivity index (χ4n) is 2.23. The van der Waals surface area contributed by atoms with Gasteiger partial charge in [0, 0.05) is 12.2 Å². The standard InChI is InChI=1S/C18H25N3O7S/c19-12(18(26)27)6-7-15(23)21-13(10-29)17(25)20-8-16(24)28-14(9-22)11-4-2-1-3-5-11/h1-5,12-14,22,29H,6-10,19H2,(H,20,25)(H,21,23)(H,26,27)/t12-,13-,14-/m0/s1. The smallest absolute Gasteiger partial charge is 0.326 e. The maximum absolute atomic E-state index is 12.1. The molecule has 160 valence electrons. The molecule has 0 aromatic heterocycles. The number of esters is 1. The number of hydrogen-bond donors (Lipinski definition) is 6. The number of benzene rings is 1. The van der Waals surface area contributed by atoms with E-state index in [-0.39, 0.29) is 18.6 Å². The number of aliphatic hydroxyl groups is 1. The van der Waals surface area contributed by atoms with Crippen LogP contribution in [0.2, 0.25) is 0 Å². The highest BCUT2D eigenvalue weighted by atomic mass is 32.1. The van der Waals surface area contributed by atoms with Gasteiger partial charge in [0.05, 0.1) is 6.61 Å². The number of carboxylic acids is 1. The quantitative estimate of drug-likeness (QED) is 0.182. The van der Waals surface area contributed by atoms with Crippen molar-refractivity contribution >= 4 is 36.4 Å². The number of hydrogen-bond acceptors (Lipinski definition) is 8. The van der Waals surface area contributed by atoms with Crippen molar-refractivity contribution in [3.8, 4) is 0 Å². The predicted molar refractivity (Wildman–Crippen MR) is 106 cm³/mol. The minimum absolute atomic E-state index is 0.0408. The average molecular weight is 427 g/mol. The monoisotopic (exact) mass is 427 g/mol. The first-order chi connectivity index (χ1) is 13.8. The topological polar surface area (TPSA) is 168 Å². The van der Waals surface area contributed by atoms with Crippen LogP contribution < -0.4 is 16.4 Å². The number of carbonyl (C=O) groups excluding carboxylic acids is 3. The van der Waals surface area contributed by atoms with Crippen molar-refractivity contribution in [2.45, 2.75) is 31.0 Å². The summed E-state index contributed by atoms with van der Waals surface area (Å²) in [4.78, 5) is 46.5. The van der Waals surface area contributed by atoms with Crippen molar-refractivity contribution in [3.05, 3.63) is 35.9 Å². The Labute approximate surface area is 173 Å². The zero-order valence-electron chi connectivity index (χ0n) is 15.6. The molecule has 0 aliphatic rings. The molecular formula is C18H25N3O7S. The molecule has 6 N–H and O–H groups in total. The number of rotatable bonds is 12. The van der Waals surface area contributed by atoms with E-state index in [1.54, 1.807) is 30.3 Å². The van der Waals surface area contributed by atoms with Crippen LogP contribution in [0, 0.1) is 0 Å². The molecule has 29 heavy (non-hydrogen) atoms. The van der Waals surface area contributed by atoms with Gasteiger partial charge in [-0.25, -0.2) is 0 Å². The first-order valence-electron chi connectivity index (χ1n) is 8.80. The number of carboxylic acid groups (broad SMARTS) is 1. The van der Waals surface area contributed by atoms with Crippen LogP contribution in [0.15, 0.2) is 30.3 Å². The third kappa shape index (κ3) is 8.94. The summed E-state index contributed by atoms with van der Waals surface area (Å²) < 4.78 is 5.14. The molecule has 2 amide bonds. The Balaban J connectivity index is 2.46. The lowest BCUT2D eigenvalue weighted by atomic mass is 10.1. The van der Waals surface area contributed by atoms with E-state index in [0.717, 1.165) is 0 Å². The summed E-state index contributed by atoms with van der Waals surface area (Å²) in [5.74, 6) is -3.26. The first-order valence-corrected chi connectivity index (χ1v) is 9.43. The van der Waals surface area contributed by atoms with E-state index in [9.17, 15) is 24.3 Å². The van der Waals surface area contributed by atoms with Crippen LogP contribution in [0.5, 0.6) is 0 Å². The molecule has 0 saturated carbocycles. The Hall–Kier alpha value is -2.63. The van der Waals surface area contributed by atoms with E-state index in [2.05, 4.69) is 23.3 Å². The minimum atomic E-state index is -1.23. The molecule has 0 radical (unpaired) electrons. The van der Waals surface area contributed by atoms with Gasteiger partial charge < -0.3 is 31.3 Å². The largest absolute Gasteiger partial charge is 0.480 e. The van der Waals surface area contributed by atoms with Crippen LogP contribution in [0.3, 0.4) is 0 Å². The van der Waals surface area contributed by atoms with E-state index in [1.165, 1.54) is 0 Å². The molecule has 11 heteroatoms. The highest BCUT2D eigenvalue weighted by Gasteiger charge is 2.22. The molecule has 0 heterocycles.